The zero-order valence-electron chi connectivity index (χ0n) is 3.38. The molecule has 0 aromatic rings. The van der Waals surface area contributed by atoms with E-state index in [0.29, 0.717) is 0 Å². The van der Waals surface area contributed by atoms with E-state index < -0.39 is 13.0 Å². The molecule has 38 valence electrons. The van der Waals surface area contributed by atoms with Crippen molar-refractivity contribution in [1.29, 1.82) is 0 Å². The third-order valence-electron chi connectivity index (χ3n) is 0.365. The second kappa shape index (κ2) is 1.69. The molecule has 1 N–H and O–H groups in total. The number of hydrogen-bond donors (Lipinski definition) is 1. The van der Waals surface area contributed by atoms with Crippen molar-refractivity contribution in [2.75, 3.05) is 0 Å². The van der Waals surface area contributed by atoms with Crippen molar-refractivity contribution >= 4 is 13.0 Å². The van der Waals surface area contributed by atoms with Gasteiger partial charge in [-0.1, -0.05) is 0 Å². The standard InChI is InChI=1S/C2H6O3Se/c1-2-6(3,4)5/h2H2,1H3,(H,3,4,5). The van der Waals surface area contributed by atoms with E-state index in [1.165, 1.54) is 6.92 Å². The normalized spacial score (nSPS) is 11.7. The Kier molecular flexibility index (Phi) is 1.71. The van der Waals surface area contributed by atoms with E-state index in [1.807, 2.05) is 0 Å². The molecular weight excluding hydrogens is 151 g/mol. The fourth-order valence-corrected chi connectivity index (χ4v) is 0. The fourth-order valence-electron chi connectivity index (χ4n) is 0. The van der Waals surface area contributed by atoms with Crippen LogP contribution in [0.2, 0.25) is 5.32 Å². The van der Waals surface area contributed by atoms with E-state index in [0.717, 1.165) is 0 Å². The van der Waals surface area contributed by atoms with Crippen LogP contribution < -0.4 is 0 Å². The SMILES string of the molecule is CC[Se](=O)(=O)O. The van der Waals surface area contributed by atoms with Crippen molar-refractivity contribution in [3.05, 3.63) is 0 Å². The van der Waals surface area contributed by atoms with E-state index in [2.05, 4.69) is 0 Å². The molecule has 0 unspecified atom stereocenters. The summed E-state index contributed by atoms with van der Waals surface area (Å²) >= 11 is -4.28. The van der Waals surface area contributed by atoms with E-state index >= 15 is 0 Å². The van der Waals surface area contributed by atoms with Crippen LogP contribution in [0.4, 0.5) is 0 Å². The average molecular weight is 157 g/mol. The van der Waals surface area contributed by atoms with Gasteiger partial charge in [0.05, 0.1) is 0 Å². The summed E-state index contributed by atoms with van der Waals surface area (Å²) in [7, 11) is 0. The van der Waals surface area contributed by atoms with Crippen molar-refractivity contribution in [3.63, 3.8) is 0 Å². The first-order valence-electron chi connectivity index (χ1n) is 1.51. The third kappa shape index (κ3) is 4.08. The van der Waals surface area contributed by atoms with Gasteiger partial charge in [0.25, 0.3) is 0 Å². The van der Waals surface area contributed by atoms with Gasteiger partial charge in [-0.2, -0.15) is 0 Å². The average Bonchev–Trinajstić information content (AvgIpc) is 1.35. The number of hydrogen-bond acceptors (Lipinski definition) is 2. The summed E-state index contributed by atoms with van der Waals surface area (Å²) in [5, 5.41) is -0.128. The maximum atomic E-state index is 9.63. The molecule has 0 atom stereocenters. The molecule has 0 bridgehead atoms. The Labute approximate surface area is 37.9 Å². The van der Waals surface area contributed by atoms with Crippen molar-refractivity contribution in [1.82, 2.24) is 0 Å². The van der Waals surface area contributed by atoms with Gasteiger partial charge in [-0.15, -0.1) is 0 Å². The predicted octanol–water partition coefficient (Wildman–Crippen LogP) is -0.202. The van der Waals surface area contributed by atoms with Gasteiger partial charge >= 0.3 is 37.1 Å². The molecule has 0 spiro atoms. The summed E-state index contributed by atoms with van der Waals surface area (Å²) in [6.45, 7) is 1.40. The summed E-state index contributed by atoms with van der Waals surface area (Å²) in [5.74, 6) is 0. The minimum absolute atomic E-state index is 0.128. The second-order valence-electron chi connectivity index (χ2n) is 0.871. The van der Waals surface area contributed by atoms with Gasteiger partial charge in [0.1, 0.15) is 0 Å². The molecule has 0 heterocycles. The van der Waals surface area contributed by atoms with Crippen LogP contribution in [-0.4, -0.2) is 17.2 Å². The van der Waals surface area contributed by atoms with Crippen LogP contribution in [-0.2, 0) is 7.67 Å². The molecule has 0 aliphatic rings. The van der Waals surface area contributed by atoms with Crippen molar-refractivity contribution in [2.45, 2.75) is 12.2 Å². The van der Waals surface area contributed by atoms with Crippen LogP contribution in [0.15, 0.2) is 0 Å². The van der Waals surface area contributed by atoms with Gasteiger partial charge in [-0.25, -0.2) is 0 Å². The second-order valence-corrected chi connectivity index (χ2v) is 4.52. The molecule has 0 aromatic heterocycles. The molecule has 3 nitrogen and oxygen atoms in total. The summed E-state index contributed by atoms with van der Waals surface area (Å²) in [4.78, 5) is 0. The zero-order valence-corrected chi connectivity index (χ0v) is 5.09. The first-order valence-corrected chi connectivity index (χ1v) is 4.89. The van der Waals surface area contributed by atoms with Crippen LogP contribution in [0.1, 0.15) is 6.92 Å². The molecular formula is C2H6O3Se. The molecule has 0 amide bonds. The molecule has 0 aliphatic heterocycles. The first-order chi connectivity index (χ1) is 2.56. The summed E-state index contributed by atoms with van der Waals surface area (Å²) in [6.07, 6.45) is 0. The van der Waals surface area contributed by atoms with Crippen LogP contribution in [0, 0.1) is 0 Å². The molecule has 0 saturated heterocycles. The molecule has 4 heteroatoms. The van der Waals surface area contributed by atoms with Gasteiger partial charge in [-0.05, 0) is 0 Å². The zero-order chi connectivity index (χ0) is 5.21. The Balaban J connectivity index is 3.85. The molecule has 0 radical (unpaired) electrons. The molecule has 0 saturated carbocycles. The quantitative estimate of drug-likeness (QED) is 0.536. The van der Waals surface area contributed by atoms with Crippen molar-refractivity contribution in [3.8, 4) is 0 Å². The Morgan fingerprint density at radius 3 is 1.83 bits per heavy atom. The van der Waals surface area contributed by atoms with E-state index in [9.17, 15) is 7.67 Å². The Morgan fingerprint density at radius 2 is 1.83 bits per heavy atom. The van der Waals surface area contributed by atoms with E-state index in [4.69, 9.17) is 4.19 Å². The monoisotopic (exact) mass is 158 g/mol. The van der Waals surface area contributed by atoms with Crippen LogP contribution in [0.5, 0.6) is 0 Å². The van der Waals surface area contributed by atoms with Crippen LogP contribution >= 0.6 is 0 Å². The third-order valence-corrected chi connectivity index (χ3v) is 1.90. The first kappa shape index (κ1) is 6.08. The summed E-state index contributed by atoms with van der Waals surface area (Å²) in [6, 6.07) is 0. The van der Waals surface area contributed by atoms with Gasteiger partial charge in [0, 0.05) is 0 Å². The molecule has 6 heavy (non-hydrogen) atoms. The van der Waals surface area contributed by atoms with Crippen LogP contribution in [0.25, 0.3) is 0 Å². The summed E-state index contributed by atoms with van der Waals surface area (Å²) in [5.41, 5.74) is 0. The van der Waals surface area contributed by atoms with Crippen LogP contribution in [0.3, 0.4) is 0 Å². The van der Waals surface area contributed by atoms with Crippen molar-refractivity contribution < 1.29 is 11.9 Å². The van der Waals surface area contributed by atoms with Gasteiger partial charge in [-0.3, -0.25) is 0 Å². The molecule has 0 aromatic carbocycles. The maximum absolute atomic E-state index is 9.63. The summed E-state index contributed by atoms with van der Waals surface area (Å²) < 4.78 is 27.1. The van der Waals surface area contributed by atoms with Gasteiger partial charge < -0.3 is 0 Å². The molecule has 0 fully saturated rings. The molecule has 0 aliphatic carbocycles. The molecule has 0 rings (SSSR count). The predicted molar refractivity (Wildman–Crippen MR) is 19.8 cm³/mol. The number of rotatable bonds is 1. The Bertz CT molecular complexity index is 111. The van der Waals surface area contributed by atoms with Gasteiger partial charge in [0.2, 0.25) is 0 Å². The minimum atomic E-state index is -4.28. The Hall–Kier alpha value is 0.0795. The van der Waals surface area contributed by atoms with E-state index in [-0.39, 0.29) is 5.32 Å². The van der Waals surface area contributed by atoms with Gasteiger partial charge in [0.15, 0.2) is 0 Å². The Morgan fingerprint density at radius 1 is 1.67 bits per heavy atom. The topological polar surface area (TPSA) is 54.4 Å². The van der Waals surface area contributed by atoms with E-state index in [1.54, 1.807) is 0 Å². The fraction of sp³-hybridized carbons (Fsp3) is 1.00. The van der Waals surface area contributed by atoms with Crippen molar-refractivity contribution in [2.24, 2.45) is 0 Å².